The first-order valence-electron chi connectivity index (χ1n) is 11.8. The van der Waals surface area contributed by atoms with Crippen LogP contribution in [0.1, 0.15) is 0 Å². The molecule has 3 aliphatic rings. The summed E-state index contributed by atoms with van der Waals surface area (Å²) in [6.07, 6.45) is 0. The van der Waals surface area contributed by atoms with Crippen LogP contribution in [0.5, 0.6) is 0 Å². The highest BCUT2D eigenvalue weighted by atomic mass is 127. The van der Waals surface area contributed by atoms with Crippen LogP contribution in [0, 0.1) is 3.57 Å². The quantitative estimate of drug-likeness (QED) is 0.198. The van der Waals surface area contributed by atoms with Gasteiger partial charge in [0.05, 0.1) is 38.5 Å². The molecule has 0 amide bonds. The smallest absolute Gasteiger partial charge is 0.184 e. The van der Waals surface area contributed by atoms with Crippen LogP contribution in [0.25, 0.3) is 0 Å². The average molecular weight is 826 g/mol. The minimum Gasteiger partial charge on any atom is -0.399 e. The summed E-state index contributed by atoms with van der Waals surface area (Å²) in [7, 11) is 0. The fraction of sp³-hybridized carbons (Fsp3) is 0.296. The standard InChI is InChI=1S/C9H9BrINO.C9H10BrNO.C6H6BrN.C3H4O2/c10-6-1-2-9(8(11)3-6)12-7-4-13-5-7;10-7-1-3-8(4-2-7)11-9-5-12-6-9;7-5-1-3-6(8)4-2-5;4-3-1-5-2-3/h1-3,7,12H,4-5H2;1-4,9,11H,5-6H2;1-4H,8H2;1-2H2. The zero-order valence-corrected chi connectivity index (χ0v) is 27.4. The molecule has 11 heteroatoms. The van der Waals surface area contributed by atoms with E-state index in [2.05, 4.69) is 110 Å². The van der Waals surface area contributed by atoms with E-state index in [1.807, 2.05) is 42.5 Å². The van der Waals surface area contributed by atoms with E-state index in [0.29, 0.717) is 25.3 Å². The minimum atomic E-state index is 0.213. The lowest BCUT2D eigenvalue weighted by Gasteiger charge is -2.28. The maximum absolute atomic E-state index is 9.77. The van der Waals surface area contributed by atoms with Crippen LogP contribution in [0.2, 0.25) is 0 Å². The van der Waals surface area contributed by atoms with Crippen molar-refractivity contribution in [2.24, 2.45) is 0 Å². The molecule has 0 aliphatic carbocycles. The maximum Gasteiger partial charge on any atom is 0.184 e. The second-order valence-corrected chi connectivity index (χ2v) is 12.4. The Labute approximate surface area is 262 Å². The van der Waals surface area contributed by atoms with Gasteiger partial charge in [-0.3, -0.25) is 4.79 Å². The number of ether oxygens (including phenoxy) is 3. The fourth-order valence-corrected chi connectivity index (χ4v) is 4.88. The lowest BCUT2D eigenvalue weighted by Crippen LogP contribution is -2.40. The van der Waals surface area contributed by atoms with Crippen molar-refractivity contribution in [3.63, 3.8) is 0 Å². The van der Waals surface area contributed by atoms with Gasteiger partial charge in [0, 0.05) is 34.1 Å². The van der Waals surface area contributed by atoms with Gasteiger partial charge in [0.15, 0.2) is 5.78 Å². The van der Waals surface area contributed by atoms with E-state index in [9.17, 15) is 4.79 Å². The molecule has 3 aromatic rings. The number of hydrogen-bond donors (Lipinski definition) is 3. The summed E-state index contributed by atoms with van der Waals surface area (Å²) in [5, 5.41) is 6.78. The molecular formula is C27H29Br3IN3O4. The van der Waals surface area contributed by atoms with Crippen molar-refractivity contribution in [3.05, 3.63) is 83.7 Å². The van der Waals surface area contributed by atoms with Crippen molar-refractivity contribution < 1.29 is 19.0 Å². The molecule has 0 bridgehead atoms. The zero-order valence-electron chi connectivity index (χ0n) is 20.5. The van der Waals surface area contributed by atoms with Gasteiger partial charge in [-0.05, 0) is 89.3 Å². The predicted octanol–water partition coefficient (Wildman–Crippen LogP) is 6.74. The van der Waals surface area contributed by atoms with Gasteiger partial charge < -0.3 is 30.6 Å². The second kappa shape index (κ2) is 16.8. The molecule has 0 unspecified atom stereocenters. The third-order valence-corrected chi connectivity index (χ3v) is 7.62. The van der Waals surface area contributed by atoms with Gasteiger partial charge in [0.2, 0.25) is 0 Å². The molecule has 3 saturated heterocycles. The van der Waals surface area contributed by atoms with Gasteiger partial charge in [-0.1, -0.05) is 47.8 Å². The highest BCUT2D eigenvalue weighted by molar-refractivity contribution is 14.1. The summed E-state index contributed by atoms with van der Waals surface area (Å²) in [5.74, 6) is 0.213. The monoisotopic (exact) mass is 823 g/mol. The Morgan fingerprint density at radius 2 is 1.18 bits per heavy atom. The molecule has 0 spiro atoms. The first-order chi connectivity index (χ1) is 18.3. The number of nitrogens with one attached hydrogen (secondary N) is 2. The molecule has 6 rings (SSSR count). The van der Waals surface area contributed by atoms with Crippen LogP contribution in [0.15, 0.2) is 80.1 Å². The normalized spacial score (nSPS) is 15.9. The molecular weight excluding hydrogens is 797 g/mol. The molecule has 3 fully saturated rings. The molecule has 0 atom stereocenters. The molecule has 204 valence electrons. The van der Waals surface area contributed by atoms with Crippen LogP contribution in [0.4, 0.5) is 17.1 Å². The molecule has 3 aliphatic heterocycles. The van der Waals surface area contributed by atoms with Gasteiger partial charge in [0.25, 0.3) is 0 Å². The highest BCUT2D eigenvalue weighted by Gasteiger charge is 2.18. The van der Waals surface area contributed by atoms with Crippen LogP contribution >= 0.6 is 70.4 Å². The largest absolute Gasteiger partial charge is 0.399 e. The average Bonchev–Trinajstić information content (AvgIpc) is 2.83. The van der Waals surface area contributed by atoms with E-state index >= 15 is 0 Å². The fourth-order valence-electron chi connectivity index (χ4n) is 2.89. The van der Waals surface area contributed by atoms with E-state index in [4.69, 9.17) is 15.2 Å². The van der Waals surface area contributed by atoms with Gasteiger partial charge in [-0.25, -0.2) is 0 Å². The van der Waals surface area contributed by atoms with Crippen molar-refractivity contribution in [1.82, 2.24) is 0 Å². The molecule has 0 saturated carbocycles. The summed E-state index contributed by atoms with van der Waals surface area (Å²) >= 11 is 12.4. The summed E-state index contributed by atoms with van der Waals surface area (Å²) in [6, 6.07) is 22.9. The number of anilines is 3. The Balaban J connectivity index is 0.000000148. The van der Waals surface area contributed by atoms with Gasteiger partial charge in [-0.15, -0.1) is 0 Å². The van der Waals surface area contributed by atoms with Crippen LogP contribution < -0.4 is 16.4 Å². The first kappa shape index (κ1) is 31.3. The molecule has 0 aromatic heterocycles. The van der Waals surface area contributed by atoms with Gasteiger partial charge in [-0.2, -0.15) is 0 Å². The summed E-state index contributed by atoms with van der Waals surface area (Å²) in [6.45, 7) is 4.00. The van der Waals surface area contributed by atoms with E-state index < -0.39 is 0 Å². The lowest BCUT2D eigenvalue weighted by atomic mass is 10.2. The number of nitrogen functional groups attached to an aromatic ring is 1. The third-order valence-electron chi connectivity index (χ3n) is 5.18. The minimum absolute atomic E-state index is 0.213. The maximum atomic E-state index is 9.77. The predicted molar refractivity (Wildman–Crippen MR) is 172 cm³/mol. The molecule has 7 nitrogen and oxygen atoms in total. The Morgan fingerprint density at radius 1 is 0.711 bits per heavy atom. The van der Waals surface area contributed by atoms with E-state index in [1.165, 1.54) is 9.26 Å². The second-order valence-electron chi connectivity index (χ2n) is 8.47. The lowest BCUT2D eigenvalue weighted by molar-refractivity contribution is -0.140. The first-order valence-corrected chi connectivity index (χ1v) is 15.2. The number of Topliss-reactive ketones (excluding diaryl/α,β-unsaturated/α-hetero) is 1. The number of ketones is 1. The molecule has 38 heavy (non-hydrogen) atoms. The SMILES string of the molecule is Brc1ccc(NC2COC2)c(I)c1.Brc1ccc(NC2COC2)cc1.Nc1ccc(Br)cc1.O=C1COC1. The number of carbonyl (C=O) groups is 1. The zero-order chi connectivity index (χ0) is 27.3. The Kier molecular flexibility index (Phi) is 13.8. The number of halogens is 4. The van der Waals surface area contributed by atoms with Crippen molar-refractivity contribution in [1.29, 1.82) is 0 Å². The topological polar surface area (TPSA) is 94.8 Å². The Hall–Kier alpha value is -1.22. The van der Waals surface area contributed by atoms with Crippen LogP contribution in [0.3, 0.4) is 0 Å². The highest BCUT2D eigenvalue weighted by Crippen LogP contribution is 2.24. The van der Waals surface area contributed by atoms with Crippen molar-refractivity contribution in [2.75, 3.05) is 56.0 Å². The summed E-state index contributed by atoms with van der Waals surface area (Å²) < 4.78 is 19.2. The molecule has 0 radical (unpaired) electrons. The Morgan fingerprint density at radius 3 is 1.58 bits per heavy atom. The van der Waals surface area contributed by atoms with Crippen molar-refractivity contribution >= 4 is 93.2 Å². The summed E-state index contributed by atoms with van der Waals surface area (Å²) in [5.41, 5.74) is 8.56. The number of nitrogens with two attached hydrogens (primary N) is 1. The van der Waals surface area contributed by atoms with E-state index in [1.54, 1.807) is 0 Å². The third kappa shape index (κ3) is 11.9. The molecule has 3 heterocycles. The number of benzene rings is 3. The van der Waals surface area contributed by atoms with E-state index in [-0.39, 0.29) is 5.78 Å². The van der Waals surface area contributed by atoms with Crippen molar-refractivity contribution in [2.45, 2.75) is 12.1 Å². The number of rotatable bonds is 4. The summed E-state index contributed by atoms with van der Waals surface area (Å²) in [4.78, 5) is 9.77. The van der Waals surface area contributed by atoms with Crippen LogP contribution in [-0.4, -0.2) is 57.5 Å². The molecule has 4 N–H and O–H groups in total. The van der Waals surface area contributed by atoms with Crippen LogP contribution in [-0.2, 0) is 19.0 Å². The van der Waals surface area contributed by atoms with E-state index in [0.717, 1.165) is 51.2 Å². The molecule has 3 aromatic carbocycles. The number of hydrogen-bond acceptors (Lipinski definition) is 7. The van der Waals surface area contributed by atoms with Crippen molar-refractivity contribution in [3.8, 4) is 0 Å². The van der Waals surface area contributed by atoms with Gasteiger partial charge in [0.1, 0.15) is 13.2 Å². The number of carbonyl (C=O) groups excluding carboxylic acids is 1. The van der Waals surface area contributed by atoms with Gasteiger partial charge >= 0.3 is 0 Å². The Bertz CT molecular complexity index is 1120.